The molecule has 12 heteroatoms. The maximum Gasteiger partial charge on any atom is 0.274 e. The number of hydrogen-bond acceptors (Lipinski definition) is 8. The number of non-ortho nitro benzene ring substituents is 1. The van der Waals surface area contributed by atoms with Gasteiger partial charge in [0, 0.05) is 18.2 Å². The number of fused-ring (bicyclic) bond motifs is 1. The molecule has 0 aliphatic carbocycles. The molecule has 2 aliphatic rings. The third-order valence-electron chi connectivity index (χ3n) is 5.95. The number of imide groups is 1. The van der Waals surface area contributed by atoms with Crippen LogP contribution in [-0.4, -0.2) is 27.8 Å². The zero-order chi connectivity index (χ0) is 24.9. The van der Waals surface area contributed by atoms with Crippen LogP contribution in [0.25, 0.3) is 0 Å². The van der Waals surface area contributed by atoms with Crippen LogP contribution in [0.1, 0.15) is 11.6 Å². The van der Waals surface area contributed by atoms with E-state index in [2.05, 4.69) is 0 Å². The summed E-state index contributed by atoms with van der Waals surface area (Å²) in [5.41, 5.74) is -0.209. The Balaban J connectivity index is 1.64. The van der Waals surface area contributed by atoms with Crippen molar-refractivity contribution in [2.75, 3.05) is 9.96 Å². The fraction of sp³-hybridized carbons (Fsp3) is 0.130. The van der Waals surface area contributed by atoms with Crippen molar-refractivity contribution in [1.29, 1.82) is 0 Å². The summed E-state index contributed by atoms with van der Waals surface area (Å²) >= 11 is 0. The third kappa shape index (κ3) is 3.56. The van der Waals surface area contributed by atoms with Crippen LogP contribution in [0.15, 0.2) is 72.8 Å². The number of halogens is 1. The van der Waals surface area contributed by atoms with Crippen molar-refractivity contribution in [1.82, 2.24) is 0 Å². The number of nitro benzene ring substituents is 2. The molecule has 0 N–H and O–H groups in total. The van der Waals surface area contributed by atoms with E-state index in [1.54, 1.807) is 6.07 Å². The highest BCUT2D eigenvalue weighted by Crippen LogP contribution is 2.49. The maximum absolute atomic E-state index is 13.5. The van der Waals surface area contributed by atoms with Gasteiger partial charge in [0.25, 0.3) is 17.3 Å². The van der Waals surface area contributed by atoms with Crippen LogP contribution in [-0.2, 0) is 14.4 Å². The van der Waals surface area contributed by atoms with Gasteiger partial charge >= 0.3 is 0 Å². The van der Waals surface area contributed by atoms with Crippen molar-refractivity contribution in [3.05, 3.63) is 104 Å². The minimum atomic E-state index is -1.35. The first-order valence-electron chi connectivity index (χ1n) is 10.3. The van der Waals surface area contributed by atoms with Gasteiger partial charge < -0.3 is 0 Å². The zero-order valence-electron chi connectivity index (χ0n) is 17.7. The molecule has 0 unspecified atom stereocenters. The van der Waals surface area contributed by atoms with Gasteiger partial charge in [0.05, 0.1) is 26.8 Å². The second kappa shape index (κ2) is 8.25. The van der Waals surface area contributed by atoms with E-state index < -0.39 is 45.5 Å². The number of carbonyl (C=O) groups is 2. The average molecular weight is 478 g/mol. The lowest BCUT2D eigenvalue weighted by Gasteiger charge is -2.28. The predicted octanol–water partition coefficient (Wildman–Crippen LogP) is 3.69. The van der Waals surface area contributed by atoms with Gasteiger partial charge in [-0.3, -0.25) is 34.7 Å². The minimum Gasteiger partial charge on any atom is -0.273 e. The average Bonchev–Trinajstić information content (AvgIpc) is 3.36. The molecule has 2 aliphatic heterocycles. The standard InChI is InChI=1S/C23H15FN4O7/c24-13-8-10-14(11-9-13)25-22(29)19-20(17-6-1-2-7-18(17)28(33)34)26(35-21(19)23(25)30)15-4-3-5-16(12-15)27(31)32/h1-12,19-21H/t19-,20+,21+/m1/s1. The summed E-state index contributed by atoms with van der Waals surface area (Å²) in [6, 6.07) is 14.6. The number of nitro groups is 2. The molecule has 176 valence electrons. The fourth-order valence-corrected chi connectivity index (χ4v) is 4.45. The largest absolute Gasteiger partial charge is 0.274 e. The zero-order valence-corrected chi connectivity index (χ0v) is 17.7. The normalized spacial score (nSPS) is 21.3. The van der Waals surface area contributed by atoms with Gasteiger partial charge in [0.15, 0.2) is 6.10 Å². The van der Waals surface area contributed by atoms with Crippen LogP contribution in [0, 0.1) is 32.0 Å². The summed E-state index contributed by atoms with van der Waals surface area (Å²) in [6.45, 7) is 0. The molecule has 3 aromatic carbocycles. The first-order chi connectivity index (χ1) is 16.8. The van der Waals surface area contributed by atoms with Crippen LogP contribution >= 0.6 is 0 Å². The molecule has 2 fully saturated rings. The van der Waals surface area contributed by atoms with Gasteiger partial charge in [-0.05, 0) is 36.4 Å². The smallest absolute Gasteiger partial charge is 0.273 e. The van der Waals surface area contributed by atoms with E-state index in [1.807, 2.05) is 0 Å². The Morgan fingerprint density at radius 1 is 0.829 bits per heavy atom. The van der Waals surface area contributed by atoms with E-state index in [-0.39, 0.29) is 28.3 Å². The number of para-hydroxylation sites is 1. The van der Waals surface area contributed by atoms with Gasteiger partial charge in [-0.25, -0.2) is 14.4 Å². The van der Waals surface area contributed by atoms with Crippen LogP contribution in [0.4, 0.5) is 27.1 Å². The van der Waals surface area contributed by atoms with Gasteiger partial charge in [-0.15, -0.1) is 0 Å². The van der Waals surface area contributed by atoms with Crippen molar-refractivity contribution < 1.29 is 28.7 Å². The second-order valence-corrected chi connectivity index (χ2v) is 7.90. The molecule has 35 heavy (non-hydrogen) atoms. The quantitative estimate of drug-likeness (QED) is 0.308. The van der Waals surface area contributed by atoms with Crippen LogP contribution in [0.5, 0.6) is 0 Å². The SMILES string of the molecule is O=C1[C@H]2[C@H](ON(c3cccc([N+](=O)[O-])c3)[C@H]2c2ccccc2[N+](=O)[O-])C(=O)N1c1ccc(F)cc1. The number of hydrogen-bond donors (Lipinski definition) is 0. The van der Waals surface area contributed by atoms with Crippen molar-refractivity contribution >= 4 is 34.6 Å². The lowest BCUT2D eigenvalue weighted by atomic mass is 9.89. The van der Waals surface area contributed by atoms with E-state index in [0.717, 1.165) is 22.1 Å². The Morgan fingerprint density at radius 3 is 2.23 bits per heavy atom. The molecule has 0 radical (unpaired) electrons. The predicted molar refractivity (Wildman–Crippen MR) is 119 cm³/mol. The summed E-state index contributed by atoms with van der Waals surface area (Å²) < 4.78 is 13.4. The fourth-order valence-electron chi connectivity index (χ4n) is 4.45. The first-order valence-corrected chi connectivity index (χ1v) is 10.3. The van der Waals surface area contributed by atoms with Crippen LogP contribution < -0.4 is 9.96 Å². The van der Waals surface area contributed by atoms with Gasteiger partial charge in [-0.2, -0.15) is 0 Å². The number of anilines is 2. The summed E-state index contributed by atoms with van der Waals surface area (Å²) in [7, 11) is 0. The number of hydroxylamine groups is 1. The highest BCUT2D eigenvalue weighted by Gasteiger charge is 2.61. The Morgan fingerprint density at radius 2 is 1.54 bits per heavy atom. The monoisotopic (exact) mass is 478 g/mol. The van der Waals surface area contributed by atoms with Crippen LogP contribution in [0.2, 0.25) is 0 Å². The molecule has 2 amide bonds. The van der Waals surface area contributed by atoms with Crippen molar-refractivity contribution in [2.45, 2.75) is 12.1 Å². The van der Waals surface area contributed by atoms with Crippen molar-refractivity contribution in [3.63, 3.8) is 0 Å². The summed E-state index contributed by atoms with van der Waals surface area (Å²) in [4.78, 5) is 55.4. The lowest BCUT2D eigenvalue weighted by molar-refractivity contribution is -0.385. The van der Waals surface area contributed by atoms with Gasteiger partial charge in [0.1, 0.15) is 17.8 Å². The lowest BCUT2D eigenvalue weighted by Crippen LogP contribution is -2.37. The third-order valence-corrected chi connectivity index (χ3v) is 5.95. The number of carbonyl (C=O) groups excluding carboxylic acids is 2. The van der Waals surface area contributed by atoms with Crippen molar-refractivity contribution in [2.24, 2.45) is 5.92 Å². The highest BCUT2D eigenvalue weighted by atomic mass is 19.1. The molecule has 2 saturated heterocycles. The topological polar surface area (TPSA) is 136 Å². The Labute approximate surface area is 196 Å². The highest BCUT2D eigenvalue weighted by molar-refractivity contribution is 6.24. The number of rotatable bonds is 5. The van der Waals surface area contributed by atoms with Gasteiger partial charge in [0.2, 0.25) is 5.91 Å². The van der Waals surface area contributed by atoms with Crippen LogP contribution in [0.3, 0.4) is 0 Å². The molecule has 3 aromatic rings. The molecule has 2 heterocycles. The summed E-state index contributed by atoms with van der Waals surface area (Å²) in [5.74, 6) is -3.18. The van der Waals surface area contributed by atoms with Crippen molar-refractivity contribution in [3.8, 4) is 0 Å². The Bertz CT molecular complexity index is 1380. The Hall–Kier alpha value is -4.71. The van der Waals surface area contributed by atoms with E-state index in [1.165, 1.54) is 54.6 Å². The molecule has 5 rings (SSSR count). The van der Waals surface area contributed by atoms with Gasteiger partial charge in [-0.1, -0.05) is 18.2 Å². The molecular formula is C23H15FN4O7. The second-order valence-electron chi connectivity index (χ2n) is 7.90. The number of benzene rings is 3. The first kappa shape index (κ1) is 22.1. The molecule has 0 saturated carbocycles. The molecule has 0 bridgehead atoms. The summed E-state index contributed by atoms with van der Waals surface area (Å²) in [5, 5.41) is 24.2. The summed E-state index contributed by atoms with van der Waals surface area (Å²) in [6.07, 6.45) is -1.35. The van der Waals surface area contributed by atoms with E-state index >= 15 is 0 Å². The molecule has 11 nitrogen and oxygen atoms in total. The molecule has 3 atom stereocenters. The molecule has 0 spiro atoms. The molecule has 0 aromatic heterocycles. The van der Waals surface area contributed by atoms with E-state index in [4.69, 9.17) is 4.84 Å². The molecular weight excluding hydrogens is 463 g/mol. The number of nitrogens with zero attached hydrogens (tertiary/aromatic N) is 4. The number of amides is 2. The Kier molecular flexibility index (Phi) is 5.21. The van der Waals surface area contributed by atoms with E-state index in [9.17, 15) is 34.2 Å². The minimum absolute atomic E-state index is 0.0959. The van der Waals surface area contributed by atoms with E-state index in [0.29, 0.717) is 0 Å². The maximum atomic E-state index is 13.5.